The molecule has 0 bridgehead atoms. The van der Waals surface area contributed by atoms with Gasteiger partial charge in [-0.1, -0.05) is 83.4 Å². The van der Waals surface area contributed by atoms with Crippen LogP contribution in [0.5, 0.6) is 0 Å². The molecule has 0 saturated heterocycles. The van der Waals surface area contributed by atoms with Crippen LogP contribution in [0.15, 0.2) is 73.3 Å². The SMILES string of the molecule is C=CCCCC1(c2ccc(C)cc2)c2cc(C)ccc2-c2ccc(C)cc21. The number of benzene rings is 3. The van der Waals surface area contributed by atoms with Crippen LogP contribution in [0.1, 0.15) is 52.6 Å². The number of hydrogen-bond acceptors (Lipinski definition) is 0. The first-order chi connectivity index (χ1) is 13.1. The van der Waals surface area contributed by atoms with Crippen molar-refractivity contribution in [1.82, 2.24) is 0 Å². The van der Waals surface area contributed by atoms with Gasteiger partial charge in [0.1, 0.15) is 0 Å². The molecule has 0 N–H and O–H groups in total. The molecule has 0 amide bonds. The molecule has 27 heavy (non-hydrogen) atoms. The zero-order valence-electron chi connectivity index (χ0n) is 16.7. The summed E-state index contributed by atoms with van der Waals surface area (Å²) in [6, 6.07) is 23.2. The normalized spacial score (nSPS) is 13.9. The van der Waals surface area contributed by atoms with Crippen molar-refractivity contribution in [2.75, 3.05) is 0 Å². The summed E-state index contributed by atoms with van der Waals surface area (Å²) in [5.41, 5.74) is 11.0. The number of unbranched alkanes of at least 4 members (excludes halogenated alkanes) is 1. The van der Waals surface area contributed by atoms with Gasteiger partial charge in [0.05, 0.1) is 0 Å². The molecule has 136 valence electrons. The maximum atomic E-state index is 3.95. The Balaban J connectivity index is 2.04. The van der Waals surface area contributed by atoms with Crippen molar-refractivity contribution < 1.29 is 0 Å². The van der Waals surface area contributed by atoms with E-state index in [1.54, 1.807) is 0 Å². The lowest BCUT2D eigenvalue weighted by Crippen LogP contribution is -2.27. The molecule has 0 aliphatic heterocycles. The number of fused-ring (bicyclic) bond motifs is 3. The summed E-state index contributed by atoms with van der Waals surface area (Å²) >= 11 is 0. The molecule has 0 unspecified atom stereocenters. The molecule has 0 heterocycles. The van der Waals surface area contributed by atoms with Gasteiger partial charge in [0.15, 0.2) is 0 Å². The van der Waals surface area contributed by atoms with Gasteiger partial charge in [-0.2, -0.15) is 0 Å². The molecule has 0 spiro atoms. The van der Waals surface area contributed by atoms with Gasteiger partial charge in [-0.15, -0.1) is 6.58 Å². The van der Waals surface area contributed by atoms with Crippen LogP contribution in [0.3, 0.4) is 0 Å². The van der Waals surface area contributed by atoms with Crippen molar-refractivity contribution in [3.63, 3.8) is 0 Å². The Morgan fingerprint density at radius 2 is 1.26 bits per heavy atom. The molecule has 0 radical (unpaired) electrons. The summed E-state index contributed by atoms with van der Waals surface area (Å²) in [6.45, 7) is 10.5. The Hall–Kier alpha value is -2.60. The molecule has 0 saturated carbocycles. The highest BCUT2D eigenvalue weighted by Crippen LogP contribution is 2.55. The van der Waals surface area contributed by atoms with E-state index < -0.39 is 0 Å². The second-order valence-corrected chi connectivity index (χ2v) is 8.05. The first-order valence-corrected chi connectivity index (χ1v) is 9.97. The molecule has 3 aromatic rings. The number of allylic oxidation sites excluding steroid dienone is 1. The van der Waals surface area contributed by atoms with E-state index in [2.05, 4.69) is 88.0 Å². The number of aryl methyl sites for hydroxylation is 3. The quantitative estimate of drug-likeness (QED) is 0.334. The Morgan fingerprint density at radius 3 is 1.78 bits per heavy atom. The minimum Gasteiger partial charge on any atom is -0.103 e. The van der Waals surface area contributed by atoms with E-state index in [4.69, 9.17) is 0 Å². The van der Waals surface area contributed by atoms with E-state index in [1.165, 1.54) is 44.5 Å². The summed E-state index contributed by atoms with van der Waals surface area (Å²) < 4.78 is 0. The molecule has 0 heteroatoms. The van der Waals surface area contributed by atoms with Crippen LogP contribution in [-0.4, -0.2) is 0 Å². The third-order valence-electron chi connectivity index (χ3n) is 6.06. The van der Waals surface area contributed by atoms with Gasteiger partial charge >= 0.3 is 0 Å². The molecule has 0 atom stereocenters. The first-order valence-electron chi connectivity index (χ1n) is 9.97. The highest BCUT2D eigenvalue weighted by molar-refractivity contribution is 5.84. The molecule has 0 aromatic heterocycles. The monoisotopic (exact) mass is 352 g/mol. The lowest BCUT2D eigenvalue weighted by atomic mass is 9.68. The fourth-order valence-electron chi connectivity index (χ4n) is 4.71. The van der Waals surface area contributed by atoms with Crippen LogP contribution in [0.25, 0.3) is 11.1 Å². The van der Waals surface area contributed by atoms with Gasteiger partial charge in [0.25, 0.3) is 0 Å². The van der Waals surface area contributed by atoms with E-state index in [1.807, 2.05) is 6.08 Å². The van der Waals surface area contributed by atoms with Gasteiger partial charge < -0.3 is 0 Å². The van der Waals surface area contributed by atoms with Gasteiger partial charge in [-0.3, -0.25) is 0 Å². The predicted molar refractivity (Wildman–Crippen MR) is 116 cm³/mol. The zero-order chi connectivity index (χ0) is 19.0. The second kappa shape index (κ2) is 6.85. The van der Waals surface area contributed by atoms with Crippen molar-refractivity contribution in [1.29, 1.82) is 0 Å². The van der Waals surface area contributed by atoms with Crippen LogP contribution < -0.4 is 0 Å². The van der Waals surface area contributed by atoms with E-state index in [0.717, 1.165) is 19.3 Å². The molecule has 0 fully saturated rings. The van der Waals surface area contributed by atoms with Crippen molar-refractivity contribution in [3.05, 3.63) is 107 Å². The molecule has 4 rings (SSSR count). The van der Waals surface area contributed by atoms with Crippen molar-refractivity contribution in [2.24, 2.45) is 0 Å². The molecular formula is C27H28. The van der Waals surface area contributed by atoms with Gasteiger partial charge in [0.2, 0.25) is 0 Å². The van der Waals surface area contributed by atoms with E-state index in [9.17, 15) is 0 Å². The highest BCUT2D eigenvalue weighted by Gasteiger charge is 2.44. The van der Waals surface area contributed by atoms with Crippen molar-refractivity contribution in [2.45, 2.75) is 45.4 Å². The first kappa shape index (κ1) is 17.8. The van der Waals surface area contributed by atoms with Crippen molar-refractivity contribution >= 4 is 0 Å². The Labute approximate surface area is 163 Å². The number of hydrogen-bond donors (Lipinski definition) is 0. The minimum absolute atomic E-state index is 0.0700. The summed E-state index contributed by atoms with van der Waals surface area (Å²) in [5, 5.41) is 0. The molecule has 0 nitrogen and oxygen atoms in total. The summed E-state index contributed by atoms with van der Waals surface area (Å²) in [7, 11) is 0. The van der Waals surface area contributed by atoms with Crippen LogP contribution in [0.4, 0.5) is 0 Å². The van der Waals surface area contributed by atoms with Crippen LogP contribution in [0.2, 0.25) is 0 Å². The van der Waals surface area contributed by atoms with E-state index >= 15 is 0 Å². The Kier molecular flexibility index (Phi) is 4.52. The number of rotatable bonds is 5. The fraction of sp³-hybridized carbons (Fsp3) is 0.259. The summed E-state index contributed by atoms with van der Waals surface area (Å²) in [4.78, 5) is 0. The van der Waals surface area contributed by atoms with E-state index in [0.29, 0.717) is 0 Å². The average molecular weight is 353 g/mol. The molecular weight excluding hydrogens is 324 g/mol. The summed E-state index contributed by atoms with van der Waals surface area (Å²) in [6.07, 6.45) is 5.34. The maximum absolute atomic E-state index is 3.95. The maximum Gasteiger partial charge on any atom is 0.0463 e. The van der Waals surface area contributed by atoms with Crippen LogP contribution in [-0.2, 0) is 5.41 Å². The highest BCUT2D eigenvalue weighted by atomic mass is 14.5. The minimum atomic E-state index is -0.0700. The van der Waals surface area contributed by atoms with Gasteiger partial charge in [0, 0.05) is 5.41 Å². The second-order valence-electron chi connectivity index (χ2n) is 8.05. The topological polar surface area (TPSA) is 0 Å². The third-order valence-corrected chi connectivity index (χ3v) is 6.06. The van der Waals surface area contributed by atoms with Crippen LogP contribution in [0, 0.1) is 20.8 Å². The average Bonchev–Trinajstić information content (AvgIpc) is 2.92. The summed E-state index contributed by atoms with van der Waals surface area (Å²) in [5.74, 6) is 0. The Morgan fingerprint density at radius 1 is 0.741 bits per heavy atom. The fourth-order valence-corrected chi connectivity index (χ4v) is 4.71. The largest absolute Gasteiger partial charge is 0.103 e. The van der Waals surface area contributed by atoms with Gasteiger partial charge in [-0.25, -0.2) is 0 Å². The third kappa shape index (κ3) is 2.84. The van der Waals surface area contributed by atoms with E-state index in [-0.39, 0.29) is 5.41 Å². The molecule has 1 aliphatic carbocycles. The standard InChI is InChI=1S/C27H28/c1-5-6-7-16-27(22-12-8-19(2)9-13-22)25-17-20(3)10-14-23(25)24-15-11-21(4)18-26(24)27/h5,8-15,17-18H,1,6-7,16H2,2-4H3. The predicted octanol–water partition coefficient (Wildman–Crippen LogP) is 7.28. The lowest BCUT2D eigenvalue weighted by molar-refractivity contribution is 0.547. The van der Waals surface area contributed by atoms with Gasteiger partial charge in [-0.05, 0) is 67.9 Å². The Bertz CT molecular complexity index is 938. The lowest BCUT2D eigenvalue weighted by Gasteiger charge is -2.33. The molecule has 3 aromatic carbocycles. The van der Waals surface area contributed by atoms with Crippen molar-refractivity contribution in [3.8, 4) is 11.1 Å². The molecule has 1 aliphatic rings. The zero-order valence-corrected chi connectivity index (χ0v) is 16.7. The smallest absolute Gasteiger partial charge is 0.0463 e. The van der Waals surface area contributed by atoms with Crippen LogP contribution >= 0.6 is 0 Å².